The van der Waals surface area contributed by atoms with Crippen LogP contribution in [0.15, 0.2) is 12.7 Å². The summed E-state index contributed by atoms with van der Waals surface area (Å²) in [5.41, 5.74) is 1.66. The molecule has 0 aliphatic heterocycles. The van der Waals surface area contributed by atoms with E-state index in [2.05, 4.69) is 11.9 Å². The number of carbonyl (C=O) groups excluding carboxylic acids is 3. The van der Waals surface area contributed by atoms with Gasteiger partial charge in [0, 0.05) is 0 Å². The van der Waals surface area contributed by atoms with Gasteiger partial charge in [-0.05, 0) is 56.8 Å². The number of carbonyl (C=O) groups is 3. The number of allylic oxidation sites excluding steroid dienone is 1. The van der Waals surface area contributed by atoms with Crippen molar-refractivity contribution in [1.29, 1.82) is 0 Å². The zero-order valence-corrected chi connectivity index (χ0v) is 18.3. The Morgan fingerprint density at radius 1 is 1.03 bits per heavy atom. The van der Waals surface area contributed by atoms with Crippen LogP contribution in [0.3, 0.4) is 0 Å². The standard InChI is InChI=1S/C22H38N2O5/c1-6-9-17(21(26)24-28)18(12-14(2)3)20(25)23-19(13-15(4)5)22(27)29-16-10-7-8-11-16/h6,14-19,28H,1,7-13H2,2-5H3,(H,23,25)(H,24,26)/t17-,18+,19-/m0/s1. The average Bonchev–Trinajstić information content (AvgIpc) is 3.15. The molecular formula is C22H38N2O5. The molecule has 0 aromatic heterocycles. The predicted molar refractivity (Wildman–Crippen MR) is 111 cm³/mol. The van der Waals surface area contributed by atoms with Crippen LogP contribution in [0.2, 0.25) is 0 Å². The third-order valence-electron chi connectivity index (χ3n) is 5.31. The molecule has 0 unspecified atom stereocenters. The minimum atomic E-state index is -0.759. The summed E-state index contributed by atoms with van der Waals surface area (Å²) in [6.45, 7) is 11.5. The normalized spacial score (nSPS) is 17.6. The molecule has 3 N–H and O–H groups in total. The molecule has 0 aromatic carbocycles. The summed E-state index contributed by atoms with van der Waals surface area (Å²) in [6.07, 6.45) is 6.47. The molecule has 0 bridgehead atoms. The van der Waals surface area contributed by atoms with E-state index in [4.69, 9.17) is 9.94 Å². The number of hydrogen-bond acceptors (Lipinski definition) is 5. The molecule has 1 saturated carbocycles. The van der Waals surface area contributed by atoms with Crippen LogP contribution < -0.4 is 10.8 Å². The number of ether oxygens (including phenoxy) is 1. The van der Waals surface area contributed by atoms with E-state index in [-0.39, 0.29) is 30.3 Å². The van der Waals surface area contributed by atoms with Crippen LogP contribution in [-0.2, 0) is 19.1 Å². The van der Waals surface area contributed by atoms with Crippen molar-refractivity contribution in [2.24, 2.45) is 23.7 Å². The lowest BCUT2D eigenvalue weighted by Gasteiger charge is -2.28. The van der Waals surface area contributed by atoms with Crippen LogP contribution >= 0.6 is 0 Å². The van der Waals surface area contributed by atoms with Crippen molar-refractivity contribution in [2.45, 2.75) is 84.8 Å². The molecule has 0 spiro atoms. The van der Waals surface area contributed by atoms with Crippen LogP contribution in [0.5, 0.6) is 0 Å². The minimum absolute atomic E-state index is 0.0748. The topological polar surface area (TPSA) is 105 Å². The molecule has 166 valence electrons. The Bertz CT molecular complexity index is 555. The van der Waals surface area contributed by atoms with E-state index < -0.39 is 29.8 Å². The molecule has 1 aliphatic rings. The van der Waals surface area contributed by atoms with E-state index in [1.165, 1.54) is 0 Å². The van der Waals surface area contributed by atoms with Gasteiger partial charge in [-0.1, -0.05) is 33.8 Å². The van der Waals surface area contributed by atoms with Crippen molar-refractivity contribution >= 4 is 17.8 Å². The van der Waals surface area contributed by atoms with Gasteiger partial charge in [-0.25, -0.2) is 10.3 Å². The smallest absolute Gasteiger partial charge is 0.328 e. The zero-order chi connectivity index (χ0) is 22.0. The Balaban J connectivity index is 2.97. The quantitative estimate of drug-likeness (QED) is 0.198. The Morgan fingerprint density at radius 3 is 2.10 bits per heavy atom. The van der Waals surface area contributed by atoms with Crippen LogP contribution in [0.4, 0.5) is 0 Å². The van der Waals surface area contributed by atoms with Gasteiger partial charge in [0.25, 0.3) is 0 Å². The second-order valence-corrected chi connectivity index (χ2v) is 8.88. The fourth-order valence-electron chi connectivity index (χ4n) is 3.90. The third-order valence-corrected chi connectivity index (χ3v) is 5.31. The highest BCUT2D eigenvalue weighted by molar-refractivity contribution is 5.90. The van der Waals surface area contributed by atoms with Crippen molar-refractivity contribution in [3.8, 4) is 0 Å². The van der Waals surface area contributed by atoms with Crippen LogP contribution in [-0.4, -0.2) is 35.1 Å². The lowest BCUT2D eigenvalue weighted by atomic mass is 9.82. The lowest BCUT2D eigenvalue weighted by Crippen LogP contribution is -2.49. The van der Waals surface area contributed by atoms with Crippen molar-refractivity contribution in [1.82, 2.24) is 10.8 Å². The molecule has 1 aliphatic carbocycles. The number of esters is 1. The Kier molecular flexibility index (Phi) is 10.9. The summed E-state index contributed by atoms with van der Waals surface area (Å²) in [5.74, 6) is -2.51. The molecular weight excluding hydrogens is 372 g/mol. The average molecular weight is 411 g/mol. The third kappa shape index (κ3) is 8.56. The van der Waals surface area contributed by atoms with Crippen molar-refractivity contribution in [2.75, 3.05) is 0 Å². The highest BCUT2D eigenvalue weighted by Gasteiger charge is 2.36. The summed E-state index contributed by atoms with van der Waals surface area (Å²) in [7, 11) is 0. The lowest BCUT2D eigenvalue weighted by molar-refractivity contribution is -0.154. The maximum Gasteiger partial charge on any atom is 0.328 e. The van der Waals surface area contributed by atoms with E-state index in [1.807, 2.05) is 27.7 Å². The first-order valence-corrected chi connectivity index (χ1v) is 10.7. The van der Waals surface area contributed by atoms with Gasteiger partial charge < -0.3 is 10.1 Å². The monoisotopic (exact) mass is 410 g/mol. The summed E-state index contributed by atoms with van der Waals surface area (Å²) in [4.78, 5) is 38.0. The first kappa shape index (κ1) is 25.1. The summed E-state index contributed by atoms with van der Waals surface area (Å²) < 4.78 is 5.62. The molecule has 7 heteroatoms. The zero-order valence-electron chi connectivity index (χ0n) is 18.3. The van der Waals surface area contributed by atoms with Crippen LogP contribution in [0, 0.1) is 23.7 Å². The highest BCUT2D eigenvalue weighted by Crippen LogP contribution is 2.26. The van der Waals surface area contributed by atoms with Gasteiger partial charge in [-0.3, -0.25) is 14.8 Å². The number of nitrogens with one attached hydrogen (secondary N) is 2. The van der Waals surface area contributed by atoms with E-state index in [9.17, 15) is 14.4 Å². The van der Waals surface area contributed by atoms with Gasteiger partial charge in [0.2, 0.25) is 11.8 Å². The largest absolute Gasteiger partial charge is 0.461 e. The fraction of sp³-hybridized carbons (Fsp3) is 0.773. The first-order chi connectivity index (χ1) is 13.7. The molecule has 0 saturated heterocycles. The van der Waals surface area contributed by atoms with E-state index >= 15 is 0 Å². The van der Waals surface area contributed by atoms with Gasteiger partial charge in [0.1, 0.15) is 12.1 Å². The first-order valence-electron chi connectivity index (χ1n) is 10.7. The molecule has 3 atom stereocenters. The van der Waals surface area contributed by atoms with E-state index in [0.717, 1.165) is 25.7 Å². The van der Waals surface area contributed by atoms with Gasteiger partial charge >= 0.3 is 5.97 Å². The van der Waals surface area contributed by atoms with Crippen molar-refractivity contribution in [3.63, 3.8) is 0 Å². The highest BCUT2D eigenvalue weighted by atomic mass is 16.5. The summed E-state index contributed by atoms with van der Waals surface area (Å²) >= 11 is 0. The van der Waals surface area contributed by atoms with Gasteiger partial charge in [0.05, 0.1) is 11.8 Å². The molecule has 0 aromatic rings. The molecule has 1 fully saturated rings. The fourth-order valence-corrected chi connectivity index (χ4v) is 3.90. The van der Waals surface area contributed by atoms with Gasteiger partial charge in [-0.2, -0.15) is 0 Å². The van der Waals surface area contributed by atoms with Crippen molar-refractivity contribution < 1.29 is 24.3 Å². The van der Waals surface area contributed by atoms with Gasteiger partial charge in [-0.15, -0.1) is 6.58 Å². The minimum Gasteiger partial charge on any atom is -0.461 e. The molecule has 7 nitrogen and oxygen atoms in total. The molecule has 0 heterocycles. The molecule has 29 heavy (non-hydrogen) atoms. The van der Waals surface area contributed by atoms with Crippen molar-refractivity contribution in [3.05, 3.63) is 12.7 Å². The number of hydrogen-bond donors (Lipinski definition) is 3. The van der Waals surface area contributed by atoms with Crippen LogP contribution in [0.1, 0.15) is 72.6 Å². The number of amides is 2. The van der Waals surface area contributed by atoms with Crippen LogP contribution in [0.25, 0.3) is 0 Å². The second-order valence-electron chi connectivity index (χ2n) is 8.88. The number of hydroxylamine groups is 1. The van der Waals surface area contributed by atoms with E-state index in [0.29, 0.717) is 12.8 Å². The Hall–Kier alpha value is -1.89. The Morgan fingerprint density at radius 2 is 1.62 bits per heavy atom. The summed E-state index contributed by atoms with van der Waals surface area (Å²) in [5, 5.41) is 11.9. The van der Waals surface area contributed by atoms with E-state index in [1.54, 1.807) is 11.6 Å². The predicted octanol–water partition coefficient (Wildman–Crippen LogP) is 3.36. The molecule has 2 amide bonds. The number of rotatable bonds is 12. The second kappa shape index (κ2) is 12.6. The Labute approximate surface area is 174 Å². The maximum atomic E-state index is 13.1. The maximum absolute atomic E-state index is 13.1. The van der Waals surface area contributed by atoms with Gasteiger partial charge in [0.15, 0.2) is 0 Å². The molecule has 1 rings (SSSR count). The summed E-state index contributed by atoms with van der Waals surface area (Å²) in [6, 6.07) is -0.751. The molecule has 0 radical (unpaired) electrons. The SMILES string of the molecule is C=CC[C@H](C(=O)NO)[C@@H](CC(C)C)C(=O)N[C@@H](CC(C)C)C(=O)OC1CCCC1.